The predicted octanol–water partition coefficient (Wildman–Crippen LogP) is 3.61. The van der Waals surface area contributed by atoms with E-state index in [1.807, 2.05) is 0 Å². The van der Waals surface area contributed by atoms with Gasteiger partial charge in [0.2, 0.25) is 0 Å². The summed E-state index contributed by atoms with van der Waals surface area (Å²) >= 11 is 0. The van der Waals surface area contributed by atoms with Crippen molar-refractivity contribution in [2.45, 2.75) is 72.0 Å². The fourth-order valence-corrected chi connectivity index (χ4v) is 3.37. The van der Waals surface area contributed by atoms with Crippen LogP contribution in [0.25, 0.3) is 0 Å². The smallest absolute Gasteiger partial charge is 0.0585 e. The van der Waals surface area contributed by atoms with Crippen LogP contribution >= 0.6 is 0 Å². The van der Waals surface area contributed by atoms with Gasteiger partial charge < -0.3 is 10.1 Å². The molecular formula is C16H31NO. The van der Waals surface area contributed by atoms with Crippen molar-refractivity contribution in [2.75, 3.05) is 13.1 Å². The molecule has 1 saturated heterocycles. The molecule has 2 nitrogen and oxygen atoms in total. The predicted molar refractivity (Wildman–Crippen MR) is 76.7 cm³/mol. The fraction of sp³-hybridized carbons (Fsp3) is 1.00. The van der Waals surface area contributed by atoms with Crippen molar-refractivity contribution in [1.82, 2.24) is 5.32 Å². The van der Waals surface area contributed by atoms with E-state index in [-0.39, 0.29) is 0 Å². The first-order chi connectivity index (χ1) is 8.49. The normalized spacial score (nSPS) is 31.8. The summed E-state index contributed by atoms with van der Waals surface area (Å²) in [5, 5.41) is 3.68. The van der Waals surface area contributed by atoms with E-state index in [1.54, 1.807) is 0 Å². The molecule has 18 heavy (non-hydrogen) atoms. The van der Waals surface area contributed by atoms with Gasteiger partial charge >= 0.3 is 0 Å². The van der Waals surface area contributed by atoms with Gasteiger partial charge in [0.05, 0.1) is 12.2 Å². The largest absolute Gasteiger partial charge is 0.375 e. The van der Waals surface area contributed by atoms with E-state index in [9.17, 15) is 0 Å². The van der Waals surface area contributed by atoms with Crippen LogP contribution < -0.4 is 5.32 Å². The molecule has 0 bridgehead atoms. The van der Waals surface area contributed by atoms with E-state index in [2.05, 4.69) is 33.0 Å². The van der Waals surface area contributed by atoms with Crippen LogP contribution in [-0.2, 0) is 4.74 Å². The molecule has 2 aliphatic rings. The Balaban J connectivity index is 1.82. The Morgan fingerprint density at radius 3 is 2.44 bits per heavy atom. The second-order valence-corrected chi connectivity index (χ2v) is 7.30. The highest BCUT2D eigenvalue weighted by Gasteiger charge is 2.43. The molecule has 106 valence electrons. The van der Waals surface area contributed by atoms with Gasteiger partial charge in [0, 0.05) is 6.54 Å². The van der Waals surface area contributed by atoms with Gasteiger partial charge in [0.1, 0.15) is 0 Å². The number of hydrogen-bond acceptors (Lipinski definition) is 2. The maximum Gasteiger partial charge on any atom is 0.0585 e. The third-order valence-corrected chi connectivity index (χ3v) is 4.66. The summed E-state index contributed by atoms with van der Waals surface area (Å²) < 4.78 is 6.03. The summed E-state index contributed by atoms with van der Waals surface area (Å²) in [5.74, 6) is 1.69. The van der Waals surface area contributed by atoms with Crippen LogP contribution in [0.2, 0.25) is 0 Å². The minimum Gasteiger partial charge on any atom is -0.375 e. The summed E-state index contributed by atoms with van der Waals surface area (Å²) in [6.07, 6.45) is 7.66. The van der Waals surface area contributed by atoms with Crippen LogP contribution in [0.3, 0.4) is 0 Å². The maximum absolute atomic E-state index is 6.03. The van der Waals surface area contributed by atoms with Gasteiger partial charge in [-0.25, -0.2) is 0 Å². The molecule has 0 aromatic rings. The molecule has 1 N–H and O–H groups in total. The van der Waals surface area contributed by atoms with Crippen LogP contribution in [0.15, 0.2) is 0 Å². The second kappa shape index (κ2) is 5.92. The second-order valence-electron chi connectivity index (χ2n) is 7.30. The molecule has 3 atom stereocenters. The fourth-order valence-electron chi connectivity index (χ4n) is 3.37. The molecule has 0 spiro atoms. The van der Waals surface area contributed by atoms with Crippen molar-refractivity contribution in [3.05, 3.63) is 0 Å². The minimum absolute atomic E-state index is 0.462. The molecule has 2 fully saturated rings. The lowest BCUT2D eigenvalue weighted by Gasteiger charge is -2.33. The van der Waals surface area contributed by atoms with Crippen molar-refractivity contribution in [3.8, 4) is 0 Å². The van der Waals surface area contributed by atoms with E-state index in [1.165, 1.54) is 38.6 Å². The third-order valence-electron chi connectivity index (χ3n) is 4.66. The summed E-state index contributed by atoms with van der Waals surface area (Å²) in [6.45, 7) is 11.6. The van der Waals surface area contributed by atoms with Crippen LogP contribution in [-0.4, -0.2) is 25.3 Å². The average Bonchev–Trinajstić information content (AvgIpc) is 3.04. The molecule has 0 amide bonds. The summed E-state index contributed by atoms with van der Waals surface area (Å²) in [4.78, 5) is 0. The van der Waals surface area contributed by atoms with E-state index in [0.717, 1.165) is 18.4 Å². The highest BCUT2D eigenvalue weighted by atomic mass is 16.5. The topological polar surface area (TPSA) is 21.3 Å². The summed E-state index contributed by atoms with van der Waals surface area (Å²) in [7, 11) is 0. The van der Waals surface area contributed by atoms with Crippen LogP contribution in [0.1, 0.15) is 59.8 Å². The monoisotopic (exact) mass is 253 g/mol. The van der Waals surface area contributed by atoms with Crippen LogP contribution in [0.4, 0.5) is 0 Å². The van der Waals surface area contributed by atoms with E-state index >= 15 is 0 Å². The molecule has 1 aliphatic heterocycles. The van der Waals surface area contributed by atoms with Crippen molar-refractivity contribution < 1.29 is 4.74 Å². The first kappa shape index (κ1) is 14.3. The standard InChI is InChI=1S/C16H31NO/c1-12(2)10-17-11-16(4,14-6-7-14)9-15-8-5-13(3)18-15/h12-15,17H,5-11H2,1-4H3. The van der Waals surface area contributed by atoms with E-state index in [0.29, 0.717) is 17.6 Å². The quantitative estimate of drug-likeness (QED) is 0.748. The highest BCUT2D eigenvalue weighted by molar-refractivity contribution is 4.95. The van der Waals surface area contributed by atoms with Crippen LogP contribution in [0.5, 0.6) is 0 Å². The van der Waals surface area contributed by atoms with Gasteiger partial charge in [-0.3, -0.25) is 0 Å². The average molecular weight is 253 g/mol. The van der Waals surface area contributed by atoms with Gasteiger partial charge in [-0.15, -0.1) is 0 Å². The van der Waals surface area contributed by atoms with Gasteiger partial charge in [0.25, 0.3) is 0 Å². The van der Waals surface area contributed by atoms with Crippen molar-refractivity contribution in [1.29, 1.82) is 0 Å². The molecule has 0 radical (unpaired) electrons. The zero-order valence-electron chi connectivity index (χ0n) is 12.7. The first-order valence-electron chi connectivity index (χ1n) is 7.86. The molecule has 1 aliphatic carbocycles. The lowest BCUT2D eigenvalue weighted by molar-refractivity contribution is 0.0197. The van der Waals surface area contributed by atoms with E-state index in [4.69, 9.17) is 4.74 Å². The first-order valence-corrected chi connectivity index (χ1v) is 7.86. The van der Waals surface area contributed by atoms with Crippen molar-refractivity contribution in [3.63, 3.8) is 0 Å². The molecule has 3 unspecified atom stereocenters. The Kier molecular flexibility index (Phi) is 4.71. The molecule has 0 aromatic carbocycles. The Morgan fingerprint density at radius 1 is 1.22 bits per heavy atom. The summed E-state index contributed by atoms with van der Waals surface area (Å²) in [5.41, 5.74) is 0.462. The Bertz CT molecular complexity index is 262. The Labute approximate surface area is 113 Å². The number of hydrogen-bond donors (Lipinski definition) is 1. The Hall–Kier alpha value is -0.0800. The highest BCUT2D eigenvalue weighted by Crippen LogP contribution is 2.49. The molecule has 0 aromatic heterocycles. The van der Waals surface area contributed by atoms with E-state index < -0.39 is 0 Å². The SMILES string of the molecule is CC(C)CNCC(C)(CC1CCC(C)O1)C1CC1. The third kappa shape index (κ3) is 3.96. The lowest BCUT2D eigenvalue weighted by Crippen LogP contribution is -2.38. The van der Waals surface area contributed by atoms with Crippen LogP contribution in [0, 0.1) is 17.3 Å². The molecule has 1 heterocycles. The zero-order valence-corrected chi connectivity index (χ0v) is 12.7. The van der Waals surface area contributed by atoms with Gasteiger partial charge in [0.15, 0.2) is 0 Å². The maximum atomic E-state index is 6.03. The number of rotatable bonds is 7. The van der Waals surface area contributed by atoms with Gasteiger partial charge in [-0.2, -0.15) is 0 Å². The van der Waals surface area contributed by atoms with Gasteiger partial charge in [-0.1, -0.05) is 20.8 Å². The molecule has 1 saturated carbocycles. The van der Waals surface area contributed by atoms with Crippen molar-refractivity contribution in [2.24, 2.45) is 17.3 Å². The van der Waals surface area contributed by atoms with Crippen molar-refractivity contribution >= 4 is 0 Å². The molecule has 2 heteroatoms. The lowest BCUT2D eigenvalue weighted by atomic mass is 9.79. The number of nitrogens with one attached hydrogen (secondary N) is 1. The molecular weight excluding hydrogens is 222 g/mol. The number of ether oxygens (including phenoxy) is 1. The molecule has 2 rings (SSSR count). The summed E-state index contributed by atoms with van der Waals surface area (Å²) in [6, 6.07) is 0. The Morgan fingerprint density at radius 2 is 1.94 bits per heavy atom. The van der Waals surface area contributed by atoms with Gasteiger partial charge in [-0.05, 0) is 62.8 Å². The zero-order chi connectivity index (χ0) is 13.2. The minimum atomic E-state index is 0.462.